The predicted octanol–water partition coefficient (Wildman–Crippen LogP) is -1.94. The molecule has 14 heteroatoms. The standard InChI is InChI=1S/C21H32N6O8/c1-25(7-9-27(13-19(31)32)14-20(33)34)6-8-26(12-18(29)30)11-17(28)10-23-16-4-2-15(3-5-16)21(35)24-22/h2-5,23H,6-14,22H2,1H3,(H,24,35)(H,29,30)(H,31,32)(H,33,34). The van der Waals surface area contributed by atoms with Gasteiger partial charge < -0.3 is 25.5 Å². The molecule has 0 saturated heterocycles. The molecule has 0 heterocycles. The molecule has 0 fully saturated rings. The predicted molar refractivity (Wildman–Crippen MR) is 125 cm³/mol. The molecular formula is C21H32N6O8. The number of hydrazine groups is 1. The van der Waals surface area contributed by atoms with Gasteiger partial charge in [-0.05, 0) is 31.3 Å². The average Bonchev–Trinajstić information content (AvgIpc) is 2.78. The Hall–Kier alpha value is -3.59. The number of nitrogen functional groups attached to an aromatic ring is 1. The molecule has 0 aromatic heterocycles. The zero-order chi connectivity index (χ0) is 26.4. The number of likely N-dealkylation sites (N-methyl/N-ethyl adjacent to an activating group) is 1. The Morgan fingerprint density at radius 2 is 1.23 bits per heavy atom. The summed E-state index contributed by atoms with van der Waals surface area (Å²) in [6.45, 7) is -0.115. The van der Waals surface area contributed by atoms with Crippen molar-refractivity contribution in [2.24, 2.45) is 5.84 Å². The van der Waals surface area contributed by atoms with Crippen molar-refractivity contribution in [2.45, 2.75) is 0 Å². The number of nitrogens with two attached hydrogens (primary N) is 1. The molecule has 0 aliphatic heterocycles. The van der Waals surface area contributed by atoms with Crippen molar-refractivity contribution in [1.29, 1.82) is 0 Å². The number of rotatable bonds is 18. The molecule has 194 valence electrons. The van der Waals surface area contributed by atoms with Gasteiger partial charge in [-0.3, -0.25) is 39.2 Å². The van der Waals surface area contributed by atoms with Gasteiger partial charge in [0.1, 0.15) is 0 Å². The lowest BCUT2D eigenvalue weighted by atomic mass is 10.2. The van der Waals surface area contributed by atoms with E-state index in [9.17, 15) is 24.0 Å². The maximum atomic E-state index is 12.4. The number of carboxylic acids is 3. The molecule has 0 radical (unpaired) electrons. The molecule has 0 unspecified atom stereocenters. The zero-order valence-electron chi connectivity index (χ0n) is 19.5. The number of amides is 1. The lowest BCUT2D eigenvalue weighted by Gasteiger charge is -2.26. The number of nitrogens with one attached hydrogen (secondary N) is 2. The van der Waals surface area contributed by atoms with Crippen molar-refractivity contribution < 1.29 is 39.3 Å². The van der Waals surface area contributed by atoms with E-state index in [1.807, 2.05) is 5.43 Å². The van der Waals surface area contributed by atoms with Crippen molar-refractivity contribution >= 4 is 35.3 Å². The minimum atomic E-state index is -1.13. The van der Waals surface area contributed by atoms with Crippen molar-refractivity contribution in [2.75, 3.05) is 71.3 Å². The van der Waals surface area contributed by atoms with Crippen LogP contribution in [0.2, 0.25) is 0 Å². The molecule has 1 rings (SSSR count). The molecule has 0 aliphatic carbocycles. The van der Waals surface area contributed by atoms with Crippen LogP contribution in [-0.2, 0) is 19.2 Å². The molecule has 14 nitrogen and oxygen atoms in total. The summed E-state index contributed by atoms with van der Waals surface area (Å²) >= 11 is 0. The Labute approximate surface area is 202 Å². The fourth-order valence-corrected chi connectivity index (χ4v) is 3.07. The molecule has 35 heavy (non-hydrogen) atoms. The van der Waals surface area contributed by atoms with Gasteiger partial charge in [0.2, 0.25) is 0 Å². The lowest BCUT2D eigenvalue weighted by Crippen LogP contribution is -2.43. The Bertz CT molecular complexity index is 863. The highest BCUT2D eigenvalue weighted by Crippen LogP contribution is 2.09. The monoisotopic (exact) mass is 496 g/mol. The van der Waals surface area contributed by atoms with Crippen LogP contribution >= 0.6 is 0 Å². The second-order valence-electron chi connectivity index (χ2n) is 7.85. The van der Waals surface area contributed by atoms with Gasteiger partial charge in [-0.2, -0.15) is 0 Å². The summed E-state index contributed by atoms with van der Waals surface area (Å²) in [7, 11) is 1.73. The first-order valence-electron chi connectivity index (χ1n) is 10.6. The van der Waals surface area contributed by atoms with Crippen LogP contribution in [0.15, 0.2) is 24.3 Å². The highest BCUT2D eigenvalue weighted by molar-refractivity contribution is 5.94. The summed E-state index contributed by atoms with van der Waals surface area (Å²) in [6.07, 6.45) is 0. The lowest BCUT2D eigenvalue weighted by molar-refractivity contribution is -0.142. The third-order valence-electron chi connectivity index (χ3n) is 4.84. The second kappa shape index (κ2) is 15.3. The fraction of sp³-hybridized carbons (Fsp3) is 0.476. The zero-order valence-corrected chi connectivity index (χ0v) is 19.5. The van der Waals surface area contributed by atoms with E-state index in [-0.39, 0.29) is 38.5 Å². The fourth-order valence-electron chi connectivity index (χ4n) is 3.07. The minimum Gasteiger partial charge on any atom is -0.480 e. The number of nitrogens with zero attached hydrogens (tertiary/aromatic N) is 3. The van der Waals surface area contributed by atoms with Gasteiger partial charge in [0.25, 0.3) is 5.91 Å². The third kappa shape index (κ3) is 13.0. The number of anilines is 1. The number of hydrogen-bond acceptors (Lipinski definition) is 10. The van der Waals surface area contributed by atoms with Crippen molar-refractivity contribution in [3.63, 3.8) is 0 Å². The van der Waals surface area contributed by atoms with Gasteiger partial charge in [-0.15, -0.1) is 0 Å². The van der Waals surface area contributed by atoms with Crippen LogP contribution in [0.1, 0.15) is 10.4 Å². The number of carbonyl (C=O) groups is 5. The molecule has 0 bridgehead atoms. The summed E-state index contributed by atoms with van der Waals surface area (Å²) in [6, 6.07) is 6.30. The Morgan fingerprint density at radius 1 is 0.771 bits per heavy atom. The molecule has 0 atom stereocenters. The number of Topliss-reactive ketones (excluding diaryl/α,β-unsaturated/α-hetero) is 1. The summed E-state index contributed by atoms with van der Waals surface area (Å²) in [5, 5.41) is 29.9. The summed E-state index contributed by atoms with van der Waals surface area (Å²) in [5.74, 6) is 1.03. The van der Waals surface area contributed by atoms with E-state index in [2.05, 4.69) is 5.32 Å². The normalized spacial score (nSPS) is 11.0. The molecule has 0 saturated carbocycles. The van der Waals surface area contributed by atoms with E-state index in [0.29, 0.717) is 24.3 Å². The Kier molecular flexibility index (Phi) is 12.9. The van der Waals surface area contributed by atoms with E-state index in [4.69, 9.17) is 21.2 Å². The van der Waals surface area contributed by atoms with Crippen molar-refractivity contribution in [3.05, 3.63) is 29.8 Å². The summed E-state index contributed by atoms with van der Waals surface area (Å²) in [4.78, 5) is 61.4. The van der Waals surface area contributed by atoms with E-state index >= 15 is 0 Å². The quantitative estimate of drug-likeness (QED) is 0.0744. The van der Waals surface area contributed by atoms with Crippen LogP contribution in [0.5, 0.6) is 0 Å². The van der Waals surface area contributed by atoms with Crippen LogP contribution < -0.4 is 16.6 Å². The third-order valence-corrected chi connectivity index (χ3v) is 4.84. The Balaban J connectivity index is 2.53. The summed E-state index contributed by atoms with van der Waals surface area (Å²) in [5.41, 5.74) is 2.97. The molecule has 1 aromatic carbocycles. The smallest absolute Gasteiger partial charge is 0.317 e. The van der Waals surface area contributed by atoms with E-state index < -0.39 is 36.9 Å². The largest absolute Gasteiger partial charge is 0.480 e. The maximum Gasteiger partial charge on any atom is 0.317 e. The van der Waals surface area contributed by atoms with Crippen LogP contribution in [-0.4, -0.2) is 126 Å². The van der Waals surface area contributed by atoms with Crippen LogP contribution in [0, 0.1) is 0 Å². The SMILES string of the molecule is CN(CCN(CC(=O)O)CC(=O)O)CCN(CC(=O)O)CC(=O)CNc1ccc(C(=O)NN)cc1. The average molecular weight is 497 g/mol. The Morgan fingerprint density at radius 3 is 1.66 bits per heavy atom. The second-order valence-corrected chi connectivity index (χ2v) is 7.85. The van der Waals surface area contributed by atoms with Gasteiger partial charge in [0.05, 0.1) is 32.7 Å². The maximum absolute atomic E-state index is 12.4. The van der Waals surface area contributed by atoms with E-state index in [1.54, 1.807) is 24.1 Å². The number of aliphatic carboxylic acids is 3. The van der Waals surface area contributed by atoms with Crippen molar-refractivity contribution in [1.82, 2.24) is 20.1 Å². The van der Waals surface area contributed by atoms with Gasteiger partial charge in [-0.25, -0.2) is 5.84 Å². The van der Waals surface area contributed by atoms with E-state index in [1.165, 1.54) is 21.9 Å². The van der Waals surface area contributed by atoms with E-state index in [0.717, 1.165) is 0 Å². The van der Waals surface area contributed by atoms with Crippen LogP contribution in [0.4, 0.5) is 5.69 Å². The van der Waals surface area contributed by atoms with Gasteiger partial charge >= 0.3 is 17.9 Å². The van der Waals surface area contributed by atoms with Gasteiger partial charge in [-0.1, -0.05) is 0 Å². The summed E-state index contributed by atoms with van der Waals surface area (Å²) < 4.78 is 0. The number of carboxylic acid groups (broad SMARTS) is 3. The highest BCUT2D eigenvalue weighted by atomic mass is 16.4. The molecule has 1 aromatic rings. The molecule has 1 amide bonds. The molecular weight excluding hydrogens is 464 g/mol. The van der Waals surface area contributed by atoms with Crippen LogP contribution in [0.3, 0.4) is 0 Å². The molecule has 0 aliphatic rings. The first-order valence-corrected chi connectivity index (χ1v) is 10.6. The van der Waals surface area contributed by atoms with Crippen LogP contribution in [0.25, 0.3) is 0 Å². The number of benzene rings is 1. The minimum absolute atomic E-state index is 0.0479. The van der Waals surface area contributed by atoms with Gasteiger partial charge in [0.15, 0.2) is 5.78 Å². The molecule has 7 N–H and O–H groups in total. The van der Waals surface area contributed by atoms with Crippen molar-refractivity contribution in [3.8, 4) is 0 Å². The highest BCUT2D eigenvalue weighted by Gasteiger charge is 2.17. The number of ketones is 1. The number of hydrogen-bond donors (Lipinski definition) is 6. The first-order chi connectivity index (χ1) is 16.5. The number of carbonyl (C=O) groups excluding carboxylic acids is 2. The first kappa shape index (κ1) is 29.4. The topological polar surface area (TPSA) is 206 Å². The molecule has 0 spiro atoms. The van der Waals surface area contributed by atoms with Gasteiger partial charge in [0, 0.05) is 37.4 Å².